The number of hydrogen-bond donors (Lipinski definition) is 1. The van der Waals surface area contributed by atoms with Gasteiger partial charge < -0.3 is 9.84 Å². The van der Waals surface area contributed by atoms with Crippen LogP contribution in [-0.2, 0) is 5.54 Å². The molecule has 2 aromatic rings. The summed E-state index contributed by atoms with van der Waals surface area (Å²) in [5.41, 5.74) is -0.0590. The summed E-state index contributed by atoms with van der Waals surface area (Å²) in [6.07, 6.45) is 3.53. The Bertz CT molecular complexity index is 495. The van der Waals surface area contributed by atoms with Crippen LogP contribution in [0.15, 0.2) is 36.7 Å². The highest BCUT2D eigenvalue weighted by Gasteiger charge is 2.14. The minimum absolute atomic E-state index is 0.0590. The first-order valence-corrected chi connectivity index (χ1v) is 5.47. The van der Waals surface area contributed by atoms with Crippen molar-refractivity contribution in [3.05, 3.63) is 36.7 Å². The van der Waals surface area contributed by atoms with Crippen LogP contribution >= 0.6 is 0 Å². The van der Waals surface area contributed by atoms with Gasteiger partial charge in [-0.25, -0.2) is 0 Å². The molecule has 4 nitrogen and oxygen atoms in total. The number of phenols is 1. The molecule has 1 heterocycles. The van der Waals surface area contributed by atoms with Gasteiger partial charge in [-0.1, -0.05) is 0 Å². The summed E-state index contributed by atoms with van der Waals surface area (Å²) in [4.78, 5) is 0. The molecule has 0 spiro atoms. The van der Waals surface area contributed by atoms with Crippen LogP contribution in [0, 0.1) is 0 Å². The summed E-state index contributed by atoms with van der Waals surface area (Å²) in [6.45, 7) is 6.22. The second kappa shape index (κ2) is 4.13. The van der Waals surface area contributed by atoms with E-state index in [9.17, 15) is 0 Å². The summed E-state index contributed by atoms with van der Waals surface area (Å²) in [5, 5.41) is 13.4. The summed E-state index contributed by atoms with van der Waals surface area (Å²) in [5.74, 6) is 1.59. The lowest BCUT2D eigenvalue weighted by atomic mass is 10.1. The fraction of sp³-hybridized carbons (Fsp3) is 0.308. The standard InChI is InChI=1S/C13H16N2O2/c1-13(2,3)15-9-12(8-14-15)17-11-6-4-10(16)5-7-11/h4-9,16H,1-3H3. The molecule has 0 aliphatic rings. The largest absolute Gasteiger partial charge is 0.508 e. The Morgan fingerprint density at radius 3 is 2.29 bits per heavy atom. The van der Waals surface area contributed by atoms with Crippen molar-refractivity contribution in [2.24, 2.45) is 0 Å². The molecule has 0 atom stereocenters. The van der Waals surface area contributed by atoms with Crippen LogP contribution in [0.2, 0.25) is 0 Å². The maximum atomic E-state index is 9.16. The van der Waals surface area contributed by atoms with Gasteiger partial charge in [0.1, 0.15) is 11.5 Å². The van der Waals surface area contributed by atoms with Crippen molar-refractivity contribution < 1.29 is 9.84 Å². The van der Waals surface area contributed by atoms with E-state index in [1.165, 1.54) is 0 Å². The van der Waals surface area contributed by atoms with Gasteiger partial charge in [0, 0.05) is 0 Å². The van der Waals surface area contributed by atoms with Gasteiger partial charge in [0.2, 0.25) is 0 Å². The molecule has 1 aromatic carbocycles. The zero-order chi connectivity index (χ0) is 12.5. The van der Waals surface area contributed by atoms with Gasteiger partial charge in [-0.2, -0.15) is 5.10 Å². The van der Waals surface area contributed by atoms with Crippen molar-refractivity contribution in [2.75, 3.05) is 0 Å². The normalized spacial score (nSPS) is 11.5. The monoisotopic (exact) mass is 232 g/mol. The van der Waals surface area contributed by atoms with Gasteiger partial charge in [0.05, 0.1) is 17.9 Å². The van der Waals surface area contributed by atoms with Crippen LogP contribution in [0.4, 0.5) is 0 Å². The third-order valence-electron chi connectivity index (χ3n) is 2.32. The number of ether oxygens (including phenoxy) is 1. The van der Waals surface area contributed by atoms with E-state index in [2.05, 4.69) is 25.9 Å². The summed E-state index contributed by atoms with van der Waals surface area (Å²) in [6, 6.07) is 6.60. The fourth-order valence-electron chi connectivity index (χ4n) is 1.38. The Morgan fingerprint density at radius 2 is 1.76 bits per heavy atom. The summed E-state index contributed by atoms with van der Waals surface area (Å²) >= 11 is 0. The second-order valence-electron chi connectivity index (χ2n) is 4.89. The van der Waals surface area contributed by atoms with Gasteiger partial charge in [-0.3, -0.25) is 4.68 Å². The van der Waals surface area contributed by atoms with Crippen LogP contribution in [-0.4, -0.2) is 14.9 Å². The lowest BCUT2D eigenvalue weighted by molar-refractivity contribution is 0.353. The fourth-order valence-corrected chi connectivity index (χ4v) is 1.38. The Balaban J connectivity index is 2.14. The number of phenolic OH excluding ortho intramolecular Hbond substituents is 1. The molecule has 2 rings (SSSR count). The van der Waals surface area contributed by atoms with Gasteiger partial charge in [0.25, 0.3) is 0 Å². The molecule has 0 fully saturated rings. The third kappa shape index (κ3) is 2.78. The number of aromatic nitrogens is 2. The van der Waals surface area contributed by atoms with E-state index in [-0.39, 0.29) is 11.3 Å². The van der Waals surface area contributed by atoms with Gasteiger partial charge in [-0.05, 0) is 45.0 Å². The van der Waals surface area contributed by atoms with E-state index in [0.717, 1.165) is 0 Å². The maximum absolute atomic E-state index is 9.16. The van der Waals surface area contributed by atoms with Crippen LogP contribution in [0.1, 0.15) is 20.8 Å². The average molecular weight is 232 g/mol. The lowest BCUT2D eigenvalue weighted by Crippen LogP contribution is -2.21. The van der Waals surface area contributed by atoms with E-state index >= 15 is 0 Å². The molecular formula is C13H16N2O2. The zero-order valence-electron chi connectivity index (χ0n) is 10.2. The number of aromatic hydroxyl groups is 1. The topological polar surface area (TPSA) is 47.3 Å². The molecule has 0 amide bonds. The predicted octanol–water partition coefficient (Wildman–Crippen LogP) is 3.14. The molecule has 0 aliphatic heterocycles. The Hall–Kier alpha value is -1.97. The first-order valence-electron chi connectivity index (χ1n) is 5.47. The molecule has 17 heavy (non-hydrogen) atoms. The molecule has 0 aliphatic carbocycles. The van der Waals surface area contributed by atoms with Crippen molar-refractivity contribution in [3.63, 3.8) is 0 Å². The molecule has 0 radical (unpaired) electrons. The van der Waals surface area contributed by atoms with Crippen molar-refractivity contribution in [3.8, 4) is 17.2 Å². The molecule has 90 valence electrons. The molecule has 0 saturated carbocycles. The Labute approximate surface area is 100 Å². The third-order valence-corrected chi connectivity index (χ3v) is 2.32. The van der Waals surface area contributed by atoms with Crippen LogP contribution < -0.4 is 4.74 Å². The highest BCUT2D eigenvalue weighted by molar-refractivity contribution is 5.33. The van der Waals surface area contributed by atoms with E-state index < -0.39 is 0 Å². The first-order chi connectivity index (χ1) is 7.95. The number of hydrogen-bond acceptors (Lipinski definition) is 3. The van der Waals surface area contributed by atoms with Crippen LogP contribution in [0.3, 0.4) is 0 Å². The minimum atomic E-state index is -0.0590. The molecule has 1 aromatic heterocycles. The van der Waals surface area contributed by atoms with E-state index in [1.807, 2.05) is 10.9 Å². The summed E-state index contributed by atoms with van der Waals surface area (Å²) < 4.78 is 7.46. The van der Waals surface area contributed by atoms with Crippen molar-refractivity contribution >= 4 is 0 Å². The highest BCUT2D eigenvalue weighted by Crippen LogP contribution is 2.24. The van der Waals surface area contributed by atoms with Crippen molar-refractivity contribution in [1.82, 2.24) is 9.78 Å². The zero-order valence-corrected chi connectivity index (χ0v) is 10.2. The smallest absolute Gasteiger partial charge is 0.165 e. The Morgan fingerprint density at radius 1 is 1.12 bits per heavy atom. The van der Waals surface area contributed by atoms with Crippen molar-refractivity contribution in [2.45, 2.75) is 26.3 Å². The van der Waals surface area contributed by atoms with E-state index in [0.29, 0.717) is 11.5 Å². The summed E-state index contributed by atoms with van der Waals surface area (Å²) in [7, 11) is 0. The second-order valence-corrected chi connectivity index (χ2v) is 4.89. The van der Waals surface area contributed by atoms with Gasteiger partial charge in [-0.15, -0.1) is 0 Å². The van der Waals surface area contributed by atoms with Crippen molar-refractivity contribution in [1.29, 1.82) is 0 Å². The molecular weight excluding hydrogens is 216 g/mol. The van der Waals surface area contributed by atoms with E-state index in [1.54, 1.807) is 30.5 Å². The molecule has 0 bridgehead atoms. The first kappa shape index (κ1) is 11.5. The van der Waals surface area contributed by atoms with E-state index in [4.69, 9.17) is 9.84 Å². The molecule has 4 heteroatoms. The van der Waals surface area contributed by atoms with Crippen LogP contribution in [0.5, 0.6) is 17.2 Å². The number of nitrogens with zero attached hydrogens (tertiary/aromatic N) is 2. The van der Waals surface area contributed by atoms with Gasteiger partial charge in [0.15, 0.2) is 5.75 Å². The Kier molecular flexibility index (Phi) is 2.79. The minimum Gasteiger partial charge on any atom is -0.508 e. The van der Waals surface area contributed by atoms with Crippen LogP contribution in [0.25, 0.3) is 0 Å². The number of rotatable bonds is 2. The maximum Gasteiger partial charge on any atom is 0.165 e. The quantitative estimate of drug-likeness (QED) is 0.865. The molecule has 1 N–H and O–H groups in total. The number of benzene rings is 1. The average Bonchev–Trinajstić information content (AvgIpc) is 2.69. The van der Waals surface area contributed by atoms with Gasteiger partial charge >= 0.3 is 0 Å². The highest BCUT2D eigenvalue weighted by atomic mass is 16.5. The predicted molar refractivity (Wildman–Crippen MR) is 65.4 cm³/mol. The molecule has 0 saturated heterocycles. The SMILES string of the molecule is CC(C)(C)n1cc(Oc2ccc(O)cc2)cn1. The molecule has 0 unspecified atom stereocenters. The lowest BCUT2D eigenvalue weighted by Gasteiger charge is -2.18.